The van der Waals surface area contributed by atoms with E-state index in [0.717, 1.165) is 0 Å². The molecule has 100 valence electrons. The average Bonchev–Trinajstić information content (AvgIpc) is 2.21. The lowest BCUT2D eigenvalue weighted by Gasteiger charge is -2.19. The number of methoxy groups -OCH3 is 2. The van der Waals surface area contributed by atoms with Crippen molar-refractivity contribution in [2.45, 2.75) is 21.5 Å². The number of alkyl halides is 4. The minimum absolute atomic E-state index is 0.132. The molecule has 0 aromatic rings. The molecule has 0 bridgehead atoms. The van der Waals surface area contributed by atoms with Gasteiger partial charge in [0.05, 0.1) is 14.2 Å². The maximum atomic E-state index is 11.4. The highest BCUT2D eigenvalue weighted by atomic mass is 79.9. The monoisotopic (exact) mass is 368 g/mol. The van der Waals surface area contributed by atoms with Crippen molar-refractivity contribution in [3.05, 3.63) is 0 Å². The van der Waals surface area contributed by atoms with Crippen molar-refractivity contribution in [2.24, 2.45) is 5.92 Å². The van der Waals surface area contributed by atoms with Crippen molar-refractivity contribution >= 4 is 62.7 Å². The number of carbonyl (C=O) groups is 2. The van der Waals surface area contributed by atoms with Crippen LogP contribution in [0.2, 0.25) is 0 Å². The van der Waals surface area contributed by atoms with Gasteiger partial charge in [-0.3, -0.25) is 9.59 Å². The van der Waals surface area contributed by atoms with Crippen LogP contribution >= 0.6 is 50.7 Å². The van der Waals surface area contributed by atoms with Gasteiger partial charge in [-0.2, -0.15) is 0 Å². The SMILES string of the molecule is COC(=O)C(CC(Br)CC(Cl)(Cl)Cl)C(=O)OC. The lowest BCUT2D eigenvalue weighted by molar-refractivity contribution is -0.159. The molecule has 0 aliphatic carbocycles. The minimum atomic E-state index is -1.45. The van der Waals surface area contributed by atoms with Crippen molar-refractivity contribution in [1.29, 1.82) is 0 Å². The molecule has 0 aliphatic heterocycles. The fourth-order valence-electron chi connectivity index (χ4n) is 1.16. The molecule has 0 aromatic carbocycles. The summed E-state index contributed by atoms with van der Waals surface area (Å²) >= 11 is 20.1. The summed E-state index contributed by atoms with van der Waals surface area (Å²) in [5, 5.41) is 0. The van der Waals surface area contributed by atoms with Crippen LogP contribution in [0, 0.1) is 5.92 Å². The quantitative estimate of drug-likeness (QED) is 0.424. The third-order valence-electron chi connectivity index (χ3n) is 1.92. The second kappa shape index (κ2) is 7.67. The Morgan fingerprint density at radius 2 is 1.59 bits per heavy atom. The predicted molar refractivity (Wildman–Crippen MR) is 69.8 cm³/mol. The Bertz CT molecular complexity index is 264. The van der Waals surface area contributed by atoms with Gasteiger partial charge in [0.15, 0.2) is 9.71 Å². The molecule has 17 heavy (non-hydrogen) atoms. The van der Waals surface area contributed by atoms with E-state index >= 15 is 0 Å². The number of rotatable bonds is 5. The summed E-state index contributed by atoms with van der Waals surface area (Å²) in [6.45, 7) is 0. The lowest BCUT2D eigenvalue weighted by atomic mass is 10.0. The van der Waals surface area contributed by atoms with E-state index in [4.69, 9.17) is 34.8 Å². The van der Waals surface area contributed by atoms with E-state index in [-0.39, 0.29) is 17.7 Å². The van der Waals surface area contributed by atoms with E-state index in [2.05, 4.69) is 25.4 Å². The van der Waals surface area contributed by atoms with E-state index in [9.17, 15) is 9.59 Å². The lowest BCUT2D eigenvalue weighted by Crippen LogP contribution is -2.29. The van der Waals surface area contributed by atoms with Crippen molar-refractivity contribution in [2.75, 3.05) is 14.2 Å². The summed E-state index contributed by atoms with van der Waals surface area (Å²) in [4.78, 5) is 22.4. The van der Waals surface area contributed by atoms with Gasteiger partial charge in [-0.1, -0.05) is 50.7 Å². The molecule has 8 heteroatoms. The van der Waals surface area contributed by atoms with Gasteiger partial charge >= 0.3 is 11.9 Å². The van der Waals surface area contributed by atoms with Crippen LogP contribution in [-0.4, -0.2) is 34.8 Å². The first-order chi connectivity index (χ1) is 7.71. The number of ether oxygens (including phenoxy) is 2. The van der Waals surface area contributed by atoms with Gasteiger partial charge in [0.25, 0.3) is 0 Å². The van der Waals surface area contributed by atoms with Crippen molar-refractivity contribution in [3.63, 3.8) is 0 Å². The highest BCUT2D eigenvalue weighted by Crippen LogP contribution is 2.35. The zero-order valence-corrected chi connectivity index (χ0v) is 13.1. The summed E-state index contributed by atoms with van der Waals surface area (Å²) in [5.74, 6) is -2.38. The maximum Gasteiger partial charge on any atom is 0.320 e. The van der Waals surface area contributed by atoms with E-state index in [1.165, 1.54) is 14.2 Å². The van der Waals surface area contributed by atoms with E-state index < -0.39 is 21.6 Å². The van der Waals surface area contributed by atoms with Gasteiger partial charge in [0.1, 0.15) is 0 Å². The van der Waals surface area contributed by atoms with Crippen LogP contribution in [0.25, 0.3) is 0 Å². The standard InChI is InChI=1S/C9H12BrCl3O4/c1-16-7(14)6(8(15)17-2)3-5(10)4-9(11,12)13/h5-6H,3-4H2,1-2H3. The number of halogens is 4. The highest BCUT2D eigenvalue weighted by molar-refractivity contribution is 9.09. The first-order valence-corrected chi connectivity index (χ1v) is 6.62. The number of carbonyl (C=O) groups excluding carboxylic acids is 2. The average molecular weight is 370 g/mol. The number of hydrogen-bond acceptors (Lipinski definition) is 4. The molecule has 4 nitrogen and oxygen atoms in total. The molecule has 0 heterocycles. The molecule has 0 rings (SSSR count). The van der Waals surface area contributed by atoms with Gasteiger partial charge in [-0.05, 0) is 6.42 Å². The molecular weight excluding hydrogens is 358 g/mol. The zero-order chi connectivity index (χ0) is 13.6. The Morgan fingerprint density at radius 1 is 1.18 bits per heavy atom. The Hall–Kier alpha value is 0.290. The largest absolute Gasteiger partial charge is 0.468 e. The summed E-state index contributed by atoms with van der Waals surface area (Å²) < 4.78 is 7.56. The molecule has 0 fully saturated rings. The van der Waals surface area contributed by atoms with E-state index in [1.54, 1.807) is 0 Å². The highest BCUT2D eigenvalue weighted by Gasteiger charge is 2.33. The summed E-state index contributed by atoms with van der Waals surface area (Å²) in [7, 11) is 2.38. The minimum Gasteiger partial charge on any atom is -0.468 e. The molecule has 1 unspecified atom stereocenters. The topological polar surface area (TPSA) is 52.6 Å². The van der Waals surface area contributed by atoms with Crippen molar-refractivity contribution in [3.8, 4) is 0 Å². The van der Waals surface area contributed by atoms with Gasteiger partial charge in [0, 0.05) is 11.2 Å². The van der Waals surface area contributed by atoms with Crippen LogP contribution in [0.3, 0.4) is 0 Å². The molecule has 0 aromatic heterocycles. The van der Waals surface area contributed by atoms with Gasteiger partial charge < -0.3 is 9.47 Å². The fourth-order valence-corrected chi connectivity index (χ4v) is 3.14. The molecule has 0 spiro atoms. The van der Waals surface area contributed by atoms with Crippen LogP contribution < -0.4 is 0 Å². The predicted octanol–water partition coefficient (Wildman–Crippen LogP) is 2.86. The Kier molecular flexibility index (Phi) is 7.80. The molecule has 0 saturated heterocycles. The van der Waals surface area contributed by atoms with Gasteiger partial charge in [0.2, 0.25) is 0 Å². The van der Waals surface area contributed by atoms with Gasteiger partial charge in [-0.15, -0.1) is 0 Å². The van der Waals surface area contributed by atoms with E-state index in [1.807, 2.05) is 0 Å². The number of esters is 2. The third-order valence-corrected chi connectivity index (χ3v) is 3.08. The van der Waals surface area contributed by atoms with Crippen LogP contribution in [0.5, 0.6) is 0 Å². The van der Waals surface area contributed by atoms with Crippen LogP contribution in [0.15, 0.2) is 0 Å². The molecule has 0 radical (unpaired) electrons. The second-order valence-electron chi connectivity index (χ2n) is 3.25. The second-order valence-corrected chi connectivity index (χ2v) is 7.06. The third kappa shape index (κ3) is 7.34. The van der Waals surface area contributed by atoms with E-state index in [0.29, 0.717) is 0 Å². The molecule has 0 amide bonds. The Morgan fingerprint density at radius 3 is 1.88 bits per heavy atom. The number of hydrogen-bond donors (Lipinski definition) is 0. The molecule has 1 atom stereocenters. The van der Waals surface area contributed by atoms with Crippen LogP contribution in [0.1, 0.15) is 12.8 Å². The van der Waals surface area contributed by atoms with Crippen LogP contribution in [0.4, 0.5) is 0 Å². The van der Waals surface area contributed by atoms with Crippen LogP contribution in [-0.2, 0) is 19.1 Å². The zero-order valence-electron chi connectivity index (χ0n) is 9.21. The first-order valence-electron chi connectivity index (χ1n) is 4.57. The molecule has 0 saturated carbocycles. The molecule has 0 N–H and O–H groups in total. The normalized spacial score (nSPS) is 13.4. The summed E-state index contributed by atoms with van der Waals surface area (Å²) in [6, 6.07) is 0. The van der Waals surface area contributed by atoms with Crippen molar-refractivity contribution < 1.29 is 19.1 Å². The fraction of sp³-hybridized carbons (Fsp3) is 0.778. The maximum absolute atomic E-state index is 11.4. The van der Waals surface area contributed by atoms with Gasteiger partial charge in [-0.25, -0.2) is 0 Å². The summed E-state index contributed by atoms with van der Waals surface area (Å²) in [5.41, 5.74) is 0. The summed E-state index contributed by atoms with van der Waals surface area (Å²) in [6.07, 6.45) is 0.287. The Labute approximate surface area is 123 Å². The molecule has 0 aliphatic rings. The first kappa shape index (κ1) is 17.3. The molecular formula is C9H12BrCl3O4. The van der Waals surface area contributed by atoms with Crippen molar-refractivity contribution in [1.82, 2.24) is 0 Å². The Balaban J connectivity index is 4.54. The smallest absolute Gasteiger partial charge is 0.320 e.